The Balaban J connectivity index is 1.78. The lowest BCUT2D eigenvalue weighted by molar-refractivity contribution is 0.0951. The molecule has 2 heterocycles. The van der Waals surface area contributed by atoms with Crippen molar-refractivity contribution in [3.8, 4) is 11.3 Å². The van der Waals surface area contributed by atoms with Crippen molar-refractivity contribution in [3.05, 3.63) is 46.1 Å². The van der Waals surface area contributed by atoms with E-state index in [2.05, 4.69) is 25.5 Å². The molecular formula is C18H21N7OS. The fourth-order valence-electron chi connectivity index (χ4n) is 2.47. The molecule has 0 saturated heterocycles. The van der Waals surface area contributed by atoms with Gasteiger partial charge in [0.05, 0.1) is 12.2 Å². The number of nitrogens with zero attached hydrogens (tertiary/aromatic N) is 5. The smallest absolute Gasteiger partial charge is 0.251 e. The van der Waals surface area contributed by atoms with E-state index in [1.807, 2.05) is 45.0 Å². The third kappa shape index (κ3) is 4.20. The standard InChI is InChI=1S/C18H21N7OS/c1-10-11(2)21-18(25(3)4)22-15(10)12-5-7-13(8-6-12)16(26)20-9-14-23-24-17(19)27-14/h5-8H,9H2,1-4H3,(H2,19,24)(H,20,26). The maximum absolute atomic E-state index is 12.3. The van der Waals surface area contributed by atoms with Gasteiger partial charge in [0.2, 0.25) is 11.1 Å². The van der Waals surface area contributed by atoms with Gasteiger partial charge < -0.3 is 16.0 Å². The molecule has 1 amide bonds. The van der Waals surface area contributed by atoms with Crippen molar-refractivity contribution < 1.29 is 4.79 Å². The maximum atomic E-state index is 12.3. The first-order valence-electron chi connectivity index (χ1n) is 8.34. The number of hydrogen-bond acceptors (Lipinski definition) is 8. The van der Waals surface area contributed by atoms with E-state index in [1.165, 1.54) is 11.3 Å². The number of amides is 1. The summed E-state index contributed by atoms with van der Waals surface area (Å²) in [5.74, 6) is 0.478. The van der Waals surface area contributed by atoms with Gasteiger partial charge >= 0.3 is 0 Å². The zero-order chi connectivity index (χ0) is 19.6. The number of carbonyl (C=O) groups excluding carboxylic acids is 1. The van der Waals surface area contributed by atoms with Crippen molar-refractivity contribution in [1.29, 1.82) is 0 Å². The van der Waals surface area contributed by atoms with Crippen LogP contribution in [0.15, 0.2) is 24.3 Å². The quantitative estimate of drug-likeness (QED) is 0.695. The molecule has 0 aliphatic heterocycles. The van der Waals surface area contributed by atoms with Crippen molar-refractivity contribution >= 4 is 28.3 Å². The highest BCUT2D eigenvalue weighted by molar-refractivity contribution is 7.15. The van der Waals surface area contributed by atoms with Gasteiger partial charge in [0.25, 0.3) is 5.91 Å². The van der Waals surface area contributed by atoms with E-state index in [0.717, 1.165) is 22.5 Å². The van der Waals surface area contributed by atoms with Gasteiger partial charge in [-0.3, -0.25) is 4.79 Å². The molecule has 0 atom stereocenters. The molecule has 2 aromatic heterocycles. The fraction of sp³-hybridized carbons (Fsp3) is 0.278. The summed E-state index contributed by atoms with van der Waals surface area (Å²) in [7, 11) is 3.82. The van der Waals surface area contributed by atoms with Crippen LogP contribution in [0.1, 0.15) is 26.6 Å². The van der Waals surface area contributed by atoms with Crippen LogP contribution in [0.4, 0.5) is 11.1 Å². The highest BCUT2D eigenvalue weighted by Gasteiger charge is 2.13. The van der Waals surface area contributed by atoms with Crippen LogP contribution in [-0.4, -0.2) is 40.2 Å². The Kier molecular flexibility index (Phi) is 5.31. The van der Waals surface area contributed by atoms with Crippen LogP contribution in [0.3, 0.4) is 0 Å². The van der Waals surface area contributed by atoms with Gasteiger partial charge in [-0.1, -0.05) is 23.5 Å². The van der Waals surface area contributed by atoms with E-state index in [1.54, 1.807) is 12.1 Å². The maximum Gasteiger partial charge on any atom is 0.251 e. The topological polar surface area (TPSA) is 110 Å². The predicted octanol–water partition coefficient (Wildman–Crippen LogP) is 2.19. The second kappa shape index (κ2) is 7.67. The molecule has 0 aliphatic rings. The molecular weight excluding hydrogens is 362 g/mol. The predicted molar refractivity (Wildman–Crippen MR) is 107 cm³/mol. The highest BCUT2D eigenvalue weighted by Crippen LogP contribution is 2.25. The van der Waals surface area contributed by atoms with E-state index in [0.29, 0.717) is 28.2 Å². The van der Waals surface area contributed by atoms with E-state index in [-0.39, 0.29) is 5.91 Å². The van der Waals surface area contributed by atoms with E-state index in [4.69, 9.17) is 5.73 Å². The lowest BCUT2D eigenvalue weighted by Crippen LogP contribution is -2.22. The Morgan fingerprint density at radius 1 is 1.15 bits per heavy atom. The summed E-state index contributed by atoms with van der Waals surface area (Å²) in [6, 6.07) is 7.36. The Morgan fingerprint density at radius 3 is 2.44 bits per heavy atom. The molecule has 3 N–H and O–H groups in total. The lowest BCUT2D eigenvalue weighted by Gasteiger charge is -2.15. The minimum Gasteiger partial charge on any atom is -0.374 e. The van der Waals surface area contributed by atoms with Crippen molar-refractivity contribution in [2.24, 2.45) is 0 Å². The number of aromatic nitrogens is 4. The molecule has 3 rings (SSSR count). The summed E-state index contributed by atoms with van der Waals surface area (Å²) >= 11 is 1.25. The van der Waals surface area contributed by atoms with Crippen LogP contribution in [0.25, 0.3) is 11.3 Å². The highest BCUT2D eigenvalue weighted by atomic mass is 32.1. The van der Waals surface area contributed by atoms with Gasteiger partial charge in [-0.2, -0.15) is 0 Å². The third-order valence-corrected chi connectivity index (χ3v) is 4.83. The van der Waals surface area contributed by atoms with Gasteiger partial charge in [-0.05, 0) is 31.5 Å². The first kappa shape index (κ1) is 18.7. The molecule has 8 nitrogen and oxygen atoms in total. The van der Waals surface area contributed by atoms with Gasteiger partial charge in [0, 0.05) is 30.9 Å². The van der Waals surface area contributed by atoms with Gasteiger partial charge in [0.1, 0.15) is 5.01 Å². The molecule has 3 aromatic rings. The monoisotopic (exact) mass is 383 g/mol. The van der Waals surface area contributed by atoms with Crippen LogP contribution in [0, 0.1) is 13.8 Å². The van der Waals surface area contributed by atoms with Gasteiger partial charge in [-0.25, -0.2) is 9.97 Å². The number of nitrogens with two attached hydrogens (primary N) is 1. The van der Waals surface area contributed by atoms with Gasteiger partial charge in [-0.15, -0.1) is 10.2 Å². The second-order valence-electron chi connectivity index (χ2n) is 6.27. The van der Waals surface area contributed by atoms with Crippen molar-refractivity contribution in [2.75, 3.05) is 24.7 Å². The van der Waals surface area contributed by atoms with E-state index >= 15 is 0 Å². The number of anilines is 2. The molecule has 0 fully saturated rings. The Morgan fingerprint density at radius 2 is 1.85 bits per heavy atom. The molecule has 1 aromatic carbocycles. The molecule has 0 spiro atoms. The van der Waals surface area contributed by atoms with Crippen LogP contribution in [0.2, 0.25) is 0 Å². The molecule has 0 bridgehead atoms. The summed E-state index contributed by atoms with van der Waals surface area (Å²) in [6.45, 7) is 4.26. The van der Waals surface area contributed by atoms with Crippen LogP contribution in [0.5, 0.6) is 0 Å². The molecule has 0 unspecified atom stereocenters. The molecule has 0 saturated carbocycles. The number of nitrogen functional groups attached to an aromatic ring is 1. The summed E-state index contributed by atoms with van der Waals surface area (Å²) in [6.07, 6.45) is 0. The van der Waals surface area contributed by atoms with E-state index < -0.39 is 0 Å². The first-order chi connectivity index (χ1) is 12.8. The largest absolute Gasteiger partial charge is 0.374 e. The number of benzene rings is 1. The zero-order valence-corrected chi connectivity index (χ0v) is 16.5. The molecule has 0 radical (unpaired) electrons. The van der Waals surface area contributed by atoms with Crippen molar-refractivity contribution in [3.63, 3.8) is 0 Å². The minimum absolute atomic E-state index is 0.181. The summed E-state index contributed by atoms with van der Waals surface area (Å²) in [5, 5.41) is 11.5. The number of rotatable bonds is 5. The van der Waals surface area contributed by atoms with Crippen LogP contribution in [-0.2, 0) is 6.54 Å². The Labute approximate surface area is 161 Å². The molecule has 140 valence electrons. The summed E-state index contributed by atoms with van der Waals surface area (Å²) in [5.41, 5.74) is 9.86. The Hall–Kier alpha value is -3.07. The van der Waals surface area contributed by atoms with Crippen LogP contribution >= 0.6 is 11.3 Å². The normalized spacial score (nSPS) is 10.7. The number of aryl methyl sites for hydroxylation is 1. The van der Waals surface area contributed by atoms with Crippen molar-refractivity contribution in [2.45, 2.75) is 20.4 Å². The average Bonchev–Trinajstić information content (AvgIpc) is 3.07. The van der Waals surface area contributed by atoms with Crippen molar-refractivity contribution in [1.82, 2.24) is 25.5 Å². The first-order valence-corrected chi connectivity index (χ1v) is 9.16. The second-order valence-corrected chi connectivity index (χ2v) is 7.36. The zero-order valence-electron chi connectivity index (χ0n) is 15.6. The molecule has 0 aliphatic carbocycles. The molecule has 9 heteroatoms. The third-order valence-electron chi connectivity index (χ3n) is 4.08. The Bertz CT molecular complexity index is 966. The van der Waals surface area contributed by atoms with E-state index in [9.17, 15) is 4.79 Å². The van der Waals surface area contributed by atoms with Gasteiger partial charge in [0.15, 0.2) is 0 Å². The SMILES string of the molecule is Cc1nc(N(C)C)nc(-c2ccc(C(=O)NCc3nnc(N)s3)cc2)c1C. The summed E-state index contributed by atoms with van der Waals surface area (Å²) in [4.78, 5) is 23.3. The lowest BCUT2D eigenvalue weighted by atomic mass is 10.0. The minimum atomic E-state index is -0.181. The number of carbonyl (C=O) groups is 1. The fourth-order valence-corrected chi connectivity index (χ4v) is 3.02. The number of hydrogen-bond donors (Lipinski definition) is 2. The molecule has 27 heavy (non-hydrogen) atoms. The summed E-state index contributed by atoms with van der Waals surface area (Å²) < 4.78 is 0. The van der Waals surface area contributed by atoms with Crippen LogP contribution < -0.4 is 16.0 Å². The average molecular weight is 383 g/mol. The number of nitrogens with one attached hydrogen (secondary N) is 1.